The van der Waals surface area contributed by atoms with Crippen LogP contribution < -0.4 is 23.2 Å². The van der Waals surface area contributed by atoms with E-state index >= 15 is 0 Å². The Hall–Kier alpha value is -1.02. The molecule has 0 aliphatic heterocycles. The summed E-state index contributed by atoms with van der Waals surface area (Å²) >= 11 is 1.72. The minimum Gasteiger partial charge on any atom is -0.222 e. The smallest absolute Gasteiger partial charge is 0.222 e. The zero-order valence-corrected chi connectivity index (χ0v) is 10.5. The minimum atomic E-state index is -4.94. The van der Waals surface area contributed by atoms with Crippen LogP contribution in [0.4, 0.5) is 0 Å². The van der Waals surface area contributed by atoms with Crippen molar-refractivity contribution >= 4 is 11.3 Å². The first-order valence-electron chi connectivity index (χ1n) is 4.49. The topological polar surface area (TPSA) is 96.1 Å². The molecule has 0 bridgehead atoms. The standard InChI is InChI=1S/C10H10NS.ClHO4/c1-9-7-12-8-11(9)10-5-3-2-4-6-10;2-1(3,4)5/h2-8H,1H3;(H,2,3,4,5)/q+1;/p-1. The molecule has 0 spiro atoms. The Bertz CT molecular complexity index is 449. The average molecular weight is 276 g/mol. The molecule has 0 N–H and O–H groups in total. The number of aromatic nitrogens is 1. The number of thiazole rings is 1. The number of hydrogen-bond donors (Lipinski definition) is 0. The number of hydrogen-bond acceptors (Lipinski definition) is 5. The van der Waals surface area contributed by atoms with Crippen LogP contribution in [0.5, 0.6) is 0 Å². The van der Waals surface area contributed by atoms with Gasteiger partial charge in [0.05, 0.1) is 5.38 Å². The molecule has 2 rings (SSSR count). The molecule has 0 atom stereocenters. The molecule has 2 aromatic rings. The second-order valence-electron chi connectivity index (χ2n) is 3.08. The van der Waals surface area contributed by atoms with Gasteiger partial charge >= 0.3 is 0 Å². The van der Waals surface area contributed by atoms with E-state index in [1.54, 1.807) is 11.3 Å². The van der Waals surface area contributed by atoms with Crippen LogP contribution in [-0.4, -0.2) is 0 Å². The lowest BCUT2D eigenvalue weighted by Gasteiger charge is -2.17. The molecule has 0 unspecified atom stereocenters. The summed E-state index contributed by atoms with van der Waals surface area (Å²) in [4.78, 5) is 0. The normalized spacial score (nSPS) is 10.6. The summed E-state index contributed by atoms with van der Waals surface area (Å²) in [5.41, 5.74) is 4.63. The molecule has 0 aliphatic carbocycles. The molecule has 0 saturated carbocycles. The van der Waals surface area contributed by atoms with Gasteiger partial charge in [-0.3, -0.25) is 0 Å². The molecule has 1 aromatic carbocycles. The first kappa shape index (κ1) is 14.0. The molecular formula is C10H10ClNO4S. The van der Waals surface area contributed by atoms with Crippen LogP contribution in [0.1, 0.15) is 5.69 Å². The molecule has 1 heterocycles. The van der Waals surface area contributed by atoms with E-state index in [1.165, 1.54) is 11.4 Å². The Kier molecular flexibility index (Phi) is 5.01. The van der Waals surface area contributed by atoms with Crippen molar-refractivity contribution in [2.45, 2.75) is 6.92 Å². The third-order valence-corrected chi connectivity index (χ3v) is 2.63. The van der Waals surface area contributed by atoms with Crippen LogP contribution in [-0.2, 0) is 0 Å². The summed E-state index contributed by atoms with van der Waals surface area (Å²) in [5, 5.41) is 2.15. The summed E-state index contributed by atoms with van der Waals surface area (Å²) < 4.78 is 36.2. The van der Waals surface area contributed by atoms with Crippen molar-refractivity contribution in [2.24, 2.45) is 0 Å². The van der Waals surface area contributed by atoms with Crippen LogP contribution in [0, 0.1) is 17.2 Å². The minimum absolute atomic E-state index is 1.23. The van der Waals surface area contributed by atoms with Gasteiger partial charge in [0.1, 0.15) is 0 Å². The maximum Gasteiger partial charge on any atom is 0.230 e. The molecule has 5 nitrogen and oxygen atoms in total. The Morgan fingerprint density at radius 2 is 1.59 bits per heavy atom. The molecule has 7 heteroatoms. The molecular weight excluding hydrogens is 266 g/mol. The molecule has 0 amide bonds. The Labute approximate surface area is 105 Å². The number of para-hydroxylation sites is 1. The van der Waals surface area contributed by atoms with Gasteiger partial charge in [-0.25, -0.2) is 18.6 Å². The fourth-order valence-electron chi connectivity index (χ4n) is 1.18. The molecule has 0 fully saturated rings. The molecule has 1 aromatic heterocycles. The van der Waals surface area contributed by atoms with Crippen molar-refractivity contribution < 1.29 is 33.4 Å². The van der Waals surface area contributed by atoms with Gasteiger partial charge < -0.3 is 0 Å². The third-order valence-electron chi connectivity index (χ3n) is 1.82. The number of benzene rings is 1. The van der Waals surface area contributed by atoms with Crippen LogP contribution in [0.15, 0.2) is 41.2 Å². The fraction of sp³-hybridized carbons (Fsp3) is 0.100. The van der Waals surface area contributed by atoms with E-state index in [1.807, 2.05) is 6.07 Å². The lowest BCUT2D eigenvalue weighted by Crippen LogP contribution is -2.68. The second kappa shape index (κ2) is 6.06. The Morgan fingerprint density at radius 3 is 2.00 bits per heavy atom. The Balaban J connectivity index is 0.000000249. The van der Waals surface area contributed by atoms with Crippen LogP contribution in [0.3, 0.4) is 0 Å². The van der Waals surface area contributed by atoms with Gasteiger partial charge in [-0.1, -0.05) is 29.5 Å². The van der Waals surface area contributed by atoms with Gasteiger partial charge in [-0.15, -0.1) is 10.2 Å². The van der Waals surface area contributed by atoms with E-state index in [4.69, 9.17) is 18.6 Å². The highest BCUT2D eigenvalue weighted by Gasteiger charge is 2.08. The third kappa shape index (κ3) is 5.73. The second-order valence-corrected chi connectivity index (χ2v) is 4.56. The van der Waals surface area contributed by atoms with Gasteiger partial charge in [0.25, 0.3) is 0 Å². The average Bonchev–Trinajstić information content (AvgIpc) is 2.63. The fourth-order valence-corrected chi connectivity index (χ4v) is 1.96. The summed E-state index contributed by atoms with van der Waals surface area (Å²) in [6.45, 7) is 2.11. The van der Waals surface area contributed by atoms with E-state index in [-0.39, 0.29) is 0 Å². The number of rotatable bonds is 1. The van der Waals surface area contributed by atoms with E-state index in [2.05, 4.69) is 46.6 Å². The zero-order valence-electron chi connectivity index (χ0n) is 8.91. The predicted octanol–water partition coefficient (Wildman–Crippen LogP) is -2.42. The van der Waals surface area contributed by atoms with Crippen LogP contribution in [0.2, 0.25) is 0 Å². The van der Waals surface area contributed by atoms with Crippen molar-refractivity contribution in [2.75, 3.05) is 0 Å². The molecule has 0 radical (unpaired) electrons. The first-order valence-corrected chi connectivity index (χ1v) is 6.67. The zero-order chi connectivity index (χ0) is 12.9. The van der Waals surface area contributed by atoms with Gasteiger partial charge in [-0.2, -0.15) is 4.57 Å². The summed E-state index contributed by atoms with van der Waals surface area (Å²) in [5.74, 6) is 0. The molecule has 92 valence electrons. The van der Waals surface area contributed by atoms with Crippen LogP contribution in [0.25, 0.3) is 5.69 Å². The van der Waals surface area contributed by atoms with Crippen molar-refractivity contribution in [3.05, 3.63) is 46.9 Å². The quantitative estimate of drug-likeness (QED) is 0.541. The Morgan fingerprint density at radius 1 is 1.06 bits per heavy atom. The summed E-state index contributed by atoms with van der Waals surface area (Å²) in [6.07, 6.45) is 0. The highest BCUT2D eigenvalue weighted by atomic mass is 35.7. The monoisotopic (exact) mass is 275 g/mol. The van der Waals surface area contributed by atoms with Crippen LogP contribution >= 0.6 is 11.3 Å². The highest BCUT2D eigenvalue weighted by molar-refractivity contribution is 7.07. The van der Waals surface area contributed by atoms with E-state index in [9.17, 15) is 0 Å². The molecule has 0 saturated heterocycles. The SMILES string of the molecule is Cc1csc[n+]1-c1ccccc1.[O-][Cl+3]([O-])([O-])[O-]. The van der Waals surface area contributed by atoms with E-state index in [0.29, 0.717) is 0 Å². The van der Waals surface area contributed by atoms with Gasteiger partial charge in [0, 0.05) is 19.1 Å². The van der Waals surface area contributed by atoms with Crippen molar-refractivity contribution in [1.82, 2.24) is 0 Å². The van der Waals surface area contributed by atoms with Crippen molar-refractivity contribution in [3.8, 4) is 5.69 Å². The maximum atomic E-state index is 8.49. The number of halogens is 1. The summed E-state index contributed by atoms with van der Waals surface area (Å²) in [7, 11) is -4.94. The largest absolute Gasteiger partial charge is 0.230 e. The lowest BCUT2D eigenvalue weighted by atomic mass is 10.3. The number of aryl methyl sites for hydroxylation is 1. The lowest BCUT2D eigenvalue weighted by molar-refractivity contribution is -2.00. The molecule has 0 aliphatic rings. The molecule has 17 heavy (non-hydrogen) atoms. The van der Waals surface area contributed by atoms with Gasteiger partial charge in [0.2, 0.25) is 11.2 Å². The number of nitrogens with zero attached hydrogens (tertiary/aromatic N) is 1. The highest BCUT2D eigenvalue weighted by Crippen LogP contribution is 2.03. The maximum absolute atomic E-state index is 8.49. The summed E-state index contributed by atoms with van der Waals surface area (Å²) in [6, 6.07) is 10.4. The van der Waals surface area contributed by atoms with E-state index in [0.717, 1.165) is 0 Å². The van der Waals surface area contributed by atoms with Crippen molar-refractivity contribution in [1.29, 1.82) is 0 Å². The van der Waals surface area contributed by atoms with Gasteiger partial charge in [0.15, 0.2) is 5.69 Å². The van der Waals surface area contributed by atoms with E-state index < -0.39 is 10.2 Å². The van der Waals surface area contributed by atoms with Gasteiger partial charge in [-0.05, 0) is 0 Å². The first-order chi connectivity index (χ1) is 7.88. The predicted molar refractivity (Wildman–Crippen MR) is 50.6 cm³/mol. The van der Waals surface area contributed by atoms with Crippen molar-refractivity contribution in [3.63, 3.8) is 0 Å².